The molecule has 2 aromatic heterocycles. The topological polar surface area (TPSA) is 82.9 Å². The highest BCUT2D eigenvalue weighted by Crippen LogP contribution is 2.31. The van der Waals surface area contributed by atoms with Crippen LogP contribution in [0.3, 0.4) is 0 Å². The molecule has 1 saturated heterocycles. The number of nitrogens with zero attached hydrogens (tertiary/aromatic N) is 6. The van der Waals surface area contributed by atoms with Gasteiger partial charge in [0.05, 0.1) is 12.1 Å². The van der Waals surface area contributed by atoms with Crippen LogP contribution >= 0.6 is 11.6 Å². The van der Waals surface area contributed by atoms with Crippen LogP contribution in [0.1, 0.15) is 34.1 Å². The lowest BCUT2D eigenvalue weighted by atomic mass is 10.0. The van der Waals surface area contributed by atoms with E-state index in [1.54, 1.807) is 0 Å². The second-order valence-corrected chi connectivity index (χ2v) is 10.6. The number of H-pyrrole nitrogens is 1. The third kappa shape index (κ3) is 5.05. The first-order valence-electron chi connectivity index (χ1n) is 13.2. The minimum absolute atomic E-state index is 0.121. The number of aromatic nitrogens is 5. The molecule has 0 radical (unpaired) electrons. The lowest BCUT2D eigenvalue weighted by molar-refractivity contribution is 0.200. The average Bonchev–Trinajstić information content (AvgIpc) is 3.39. The maximum Gasteiger partial charge on any atom is 0.253 e. The molecule has 1 atom stereocenters. The molecule has 1 aliphatic rings. The fourth-order valence-corrected chi connectivity index (χ4v) is 5.69. The van der Waals surface area contributed by atoms with Crippen LogP contribution in [0.4, 0.5) is 5.69 Å². The number of rotatable bonds is 6. The van der Waals surface area contributed by atoms with Crippen molar-refractivity contribution >= 4 is 28.2 Å². The number of hydrogen-bond donors (Lipinski definition) is 1. The number of anilines is 1. The predicted molar refractivity (Wildman–Crippen MR) is 154 cm³/mol. The highest BCUT2D eigenvalue weighted by Gasteiger charge is 2.33. The molecule has 5 aromatic rings. The maximum absolute atomic E-state index is 13.6. The summed E-state index contributed by atoms with van der Waals surface area (Å²) >= 11 is 6.32. The molecule has 1 aliphatic heterocycles. The highest BCUT2D eigenvalue weighted by molar-refractivity contribution is 6.30. The molecule has 0 amide bonds. The largest absolute Gasteiger partial charge is 0.369 e. The summed E-state index contributed by atoms with van der Waals surface area (Å²) in [7, 11) is 0. The first-order chi connectivity index (χ1) is 19.0. The van der Waals surface area contributed by atoms with E-state index in [1.807, 2.05) is 66.2 Å². The average molecular weight is 540 g/mol. The Morgan fingerprint density at radius 1 is 0.923 bits per heavy atom. The fraction of sp³-hybridized carbons (Fsp3) is 0.267. The summed E-state index contributed by atoms with van der Waals surface area (Å²) in [6.07, 6.45) is 0. The van der Waals surface area contributed by atoms with Gasteiger partial charge in [0.1, 0.15) is 6.04 Å². The van der Waals surface area contributed by atoms with Gasteiger partial charge in [0, 0.05) is 42.5 Å². The van der Waals surface area contributed by atoms with Crippen molar-refractivity contribution < 1.29 is 0 Å². The molecule has 39 heavy (non-hydrogen) atoms. The second kappa shape index (κ2) is 10.6. The van der Waals surface area contributed by atoms with E-state index < -0.39 is 6.04 Å². The standard InChI is InChI=1S/C30H30ClN7O/c1-20-11-12-24(31)18-26(20)36-13-15-37(16-14-36)28(25-17-23-10-6-7-21(2)27(23)32-30(25)39)29-33-34-35-38(29)19-22-8-4-3-5-9-22/h3-12,17-18,28H,13-16,19H2,1-2H3,(H,32,39). The molecule has 9 heteroatoms. The number of halogens is 1. The van der Waals surface area contributed by atoms with E-state index in [4.69, 9.17) is 11.6 Å². The summed E-state index contributed by atoms with van der Waals surface area (Å²) in [4.78, 5) is 21.4. The van der Waals surface area contributed by atoms with Gasteiger partial charge in [-0.2, -0.15) is 0 Å². The van der Waals surface area contributed by atoms with Gasteiger partial charge in [0.2, 0.25) is 0 Å². The smallest absolute Gasteiger partial charge is 0.253 e. The van der Waals surface area contributed by atoms with E-state index in [9.17, 15) is 4.79 Å². The Labute approximate surface area is 231 Å². The van der Waals surface area contributed by atoms with Gasteiger partial charge in [-0.15, -0.1) is 5.10 Å². The second-order valence-electron chi connectivity index (χ2n) is 10.1. The quantitative estimate of drug-likeness (QED) is 0.335. The molecule has 0 aliphatic carbocycles. The Morgan fingerprint density at radius 3 is 2.51 bits per heavy atom. The van der Waals surface area contributed by atoms with E-state index in [1.165, 1.54) is 5.56 Å². The third-order valence-corrected chi connectivity index (χ3v) is 7.82. The number of pyridine rings is 1. The Hall–Kier alpha value is -4.01. The van der Waals surface area contributed by atoms with Gasteiger partial charge in [-0.3, -0.25) is 9.69 Å². The van der Waals surface area contributed by atoms with Crippen LogP contribution in [0.25, 0.3) is 10.9 Å². The molecule has 1 unspecified atom stereocenters. The molecule has 3 aromatic carbocycles. The lowest BCUT2D eigenvalue weighted by Crippen LogP contribution is -2.49. The molecule has 1 fully saturated rings. The van der Waals surface area contributed by atoms with Crippen LogP contribution in [0.15, 0.2) is 77.6 Å². The van der Waals surface area contributed by atoms with Gasteiger partial charge < -0.3 is 9.88 Å². The monoisotopic (exact) mass is 539 g/mol. The molecule has 6 rings (SSSR count). The van der Waals surface area contributed by atoms with E-state index in [2.05, 4.69) is 55.4 Å². The van der Waals surface area contributed by atoms with Crippen LogP contribution in [0, 0.1) is 13.8 Å². The molecule has 0 spiro atoms. The van der Waals surface area contributed by atoms with Gasteiger partial charge in [-0.1, -0.05) is 66.2 Å². The first-order valence-corrected chi connectivity index (χ1v) is 13.5. The molecule has 3 heterocycles. The fourth-order valence-electron chi connectivity index (χ4n) is 5.52. The third-order valence-electron chi connectivity index (χ3n) is 7.58. The highest BCUT2D eigenvalue weighted by atomic mass is 35.5. The molecule has 0 bridgehead atoms. The Bertz CT molecular complexity index is 1670. The first kappa shape index (κ1) is 25.3. The number of aromatic amines is 1. The van der Waals surface area contributed by atoms with Gasteiger partial charge >= 0.3 is 0 Å². The maximum atomic E-state index is 13.6. The van der Waals surface area contributed by atoms with Crippen molar-refractivity contribution in [2.45, 2.75) is 26.4 Å². The van der Waals surface area contributed by atoms with E-state index >= 15 is 0 Å². The van der Waals surface area contributed by atoms with Crippen molar-refractivity contribution in [2.24, 2.45) is 0 Å². The number of hydrogen-bond acceptors (Lipinski definition) is 6. The van der Waals surface area contributed by atoms with E-state index in [0.29, 0.717) is 17.9 Å². The minimum Gasteiger partial charge on any atom is -0.369 e. The summed E-state index contributed by atoms with van der Waals surface area (Å²) in [5.74, 6) is 0.656. The number of piperazine rings is 1. The molecule has 8 nitrogen and oxygen atoms in total. The Balaban J connectivity index is 1.39. The van der Waals surface area contributed by atoms with Crippen LogP contribution in [-0.2, 0) is 6.54 Å². The Morgan fingerprint density at radius 2 is 1.72 bits per heavy atom. The van der Waals surface area contributed by atoms with Crippen LogP contribution < -0.4 is 10.5 Å². The van der Waals surface area contributed by atoms with Crippen molar-refractivity contribution in [3.63, 3.8) is 0 Å². The van der Waals surface area contributed by atoms with Gasteiger partial charge in [-0.25, -0.2) is 4.68 Å². The summed E-state index contributed by atoms with van der Waals surface area (Å²) < 4.78 is 1.81. The molecular weight excluding hydrogens is 510 g/mol. The predicted octanol–water partition coefficient (Wildman–Crippen LogP) is 4.74. The van der Waals surface area contributed by atoms with Crippen LogP contribution in [0.5, 0.6) is 0 Å². The van der Waals surface area contributed by atoms with Crippen molar-refractivity contribution in [3.05, 3.63) is 116 Å². The molecule has 1 N–H and O–H groups in total. The van der Waals surface area contributed by atoms with E-state index in [0.717, 1.165) is 58.9 Å². The number of aryl methyl sites for hydroxylation is 2. The zero-order valence-electron chi connectivity index (χ0n) is 22.0. The van der Waals surface area contributed by atoms with Crippen molar-refractivity contribution in [3.8, 4) is 0 Å². The zero-order chi connectivity index (χ0) is 26.9. The molecule has 0 saturated carbocycles. The summed E-state index contributed by atoms with van der Waals surface area (Å²) in [5.41, 5.74) is 5.84. The van der Waals surface area contributed by atoms with Crippen molar-refractivity contribution in [1.29, 1.82) is 0 Å². The zero-order valence-corrected chi connectivity index (χ0v) is 22.8. The van der Waals surface area contributed by atoms with Gasteiger partial charge in [0.15, 0.2) is 5.82 Å². The molecule has 198 valence electrons. The van der Waals surface area contributed by atoms with Gasteiger partial charge in [0.25, 0.3) is 5.56 Å². The number of para-hydroxylation sites is 1. The lowest BCUT2D eigenvalue weighted by Gasteiger charge is -2.40. The number of fused-ring (bicyclic) bond motifs is 1. The van der Waals surface area contributed by atoms with Crippen LogP contribution in [-0.4, -0.2) is 56.3 Å². The number of tetrazole rings is 1. The van der Waals surface area contributed by atoms with E-state index in [-0.39, 0.29) is 5.56 Å². The summed E-state index contributed by atoms with van der Waals surface area (Å²) in [5, 5.41) is 14.6. The number of nitrogens with one attached hydrogen (secondary N) is 1. The summed E-state index contributed by atoms with van der Waals surface area (Å²) in [6, 6.07) is 23.8. The van der Waals surface area contributed by atoms with Crippen LogP contribution in [0.2, 0.25) is 5.02 Å². The normalized spacial score (nSPS) is 15.1. The van der Waals surface area contributed by atoms with Crippen molar-refractivity contribution in [1.82, 2.24) is 30.1 Å². The SMILES string of the molecule is Cc1ccc(Cl)cc1N1CCN(C(c2cc3cccc(C)c3[nH]c2=O)c2nnnn2Cc2ccccc2)CC1. The number of benzene rings is 3. The van der Waals surface area contributed by atoms with Crippen molar-refractivity contribution in [2.75, 3.05) is 31.1 Å². The summed E-state index contributed by atoms with van der Waals surface area (Å²) in [6.45, 7) is 7.69. The Kier molecular flexibility index (Phi) is 6.89. The van der Waals surface area contributed by atoms with Gasteiger partial charge in [-0.05, 0) is 64.5 Å². The minimum atomic E-state index is -0.403. The molecular formula is C30H30ClN7O.